The molecule has 0 radical (unpaired) electrons. The van der Waals surface area contributed by atoms with Gasteiger partial charge in [-0.25, -0.2) is 4.98 Å². The Hall–Kier alpha value is -18.7. The number of nitro benzene ring substituents is 1. The highest BCUT2D eigenvalue weighted by Gasteiger charge is 2.24. The Morgan fingerprint density at radius 3 is 1.21 bits per heavy atom. The molecule has 22 rings (SSSR count). The van der Waals surface area contributed by atoms with Gasteiger partial charge in [0.05, 0.1) is 102 Å². The van der Waals surface area contributed by atoms with Gasteiger partial charge in [0.25, 0.3) is 5.69 Å². The van der Waals surface area contributed by atoms with Gasteiger partial charge >= 0.3 is 0 Å². The molecule has 22 aromatic rings. The number of fused-ring (bicyclic) bond motifs is 12. The van der Waals surface area contributed by atoms with Crippen LogP contribution in [0.5, 0.6) is 5.75 Å². The minimum Gasteiger partial charge on any atom is -0.497 e. The van der Waals surface area contributed by atoms with Crippen molar-refractivity contribution in [1.82, 2.24) is 38.2 Å². The molecule has 0 saturated heterocycles. The summed E-state index contributed by atoms with van der Waals surface area (Å²) in [6.45, 7) is 0. The van der Waals surface area contributed by atoms with Crippen LogP contribution in [-0.2, 0) is 0 Å². The molecule has 0 atom stereocenters. The quantitative estimate of drug-likeness (QED) is 0.0771. The van der Waals surface area contributed by atoms with Crippen LogP contribution in [-0.4, -0.2) is 50.2 Å². The van der Waals surface area contributed by atoms with E-state index in [4.69, 9.17) is 10.00 Å². The van der Waals surface area contributed by atoms with Crippen molar-refractivity contribution >= 4 is 110 Å². The van der Waals surface area contributed by atoms with E-state index in [1.165, 1.54) is 33.8 Å². The highest BCUT2D eigenvalue weighted by molar-refractivity contribution is 6.13. The summed E-state index contributed by atoms with van der Waals surface area (Å²) in [7, 11) is 1.67. The van der Waals surface area contributed by atoms with Gasteiger partial charge in [0.2, 0.25) is 0 Å². The van der Waals surface area contributed by atoms with E-state index in [1.807, 2.05) is 144 Å². The van der Waals surface area contributed by atoms with Crippen LogP contribution in [0.2, 0.25) is 0 Å². The Balaban J connectivity index is 0.000000112. The number of nitrogens with zero attached hydrogens (tertiary/aromatic N) is 15. The Kier molecular flexibility index (Phi) is 21.5. The zero-order valence-corrected chi connectivity index (χ0v) is 68.5. The van der Waals surface area contributed by atoms with Crippen molar-refractivity contribution in [1.29, 1.82) is 26.3 Å². The van der Waals surface area contributed by atoms with E-state index in [0.29, 0.717) is 44.8 Å². The minimum absolute atomic E-state index is 0.0370. The van der Waals surface area contributed by atoms with Gasteiger partial charge in [0.1, 0.15) is 35.7 Å². The number of rotatable bonds is 13. The van der Waals surface area contributed by atoms with Crippen LogP contribution in [0.1, 0.15) is 27.9 Å². The molecule has 0 aliphatic heterocycles. The molecule has 0 amide bonds. The second kappa shape index (κ2) is 34.8. The molecule has 128 heavy (non-hydrogen) atoms. The largest absolute Gasteiger partial charge is 0.497 e. The number of non-ortho nitro benzene ring substituents is 1. The predicted molar refractivity (Wildman–Crippen MR) is 508 cm³/mol. The number of pyridine rings is 4. The average Bonchev–Trinajstić information content (AvgIpc) is 1.60. The lowest BCUT2D eigenvalue weighted by Crippen LogP contribution is -2.11. The van der Waals surface area contributed by atoms with Crippen molar-refractivity contribution in [2.75, 3.05) is 12.0 Å². The van der Waals surface area contributed by atoms with Crippen molar-refractivity contribution in [3.05, 3.63) is 439 Å². The summed E-state index contributed by atoms with van der Waals surface area (Å²) < 4.78 is 14.3. The third-order valence-corrected chi connectivity index (χ3v) is 22.8. The smallest absolute Gasteiger partial charge is 0.272 e. The van der Waals surface area contributed by atoms with Crippen LogP contribution < -0.4 is 9.64 Å². The lowest BCUT2D eigenvalue weighted by molar-refractivity contribution is -0.384. The van der Waals surface area contributed by atoms with Gasteiger partial charge < -0.3 is 27.9 Å². The minimum atomic E-state index is -0.409. The first-order valence-corrected chi connectivity index (χ1v) is 41.0. The van der Waals surface area contributed by atoms with Crippen LogP contribution in [0, 0.1) is 66.8 Å². The number of hydrogen-bond donors (Lipinski definition) is 0. The van der Waals surface area contributed by atoms with Crippen LogP contribution in [0.25, 0.3) is 154 Å². The predicted octanol–water partition coefficient (Wildman–Crippen LogP) is 26.1. The molecule has 0 unspecified atom stereocenters. The highest BCUT2D eigenvalue weighted by Crippen LogP contribution is 2.44. The first-order chi connectivity index (χ1) is 63.1. The lowest BCUT2D eigenvalue weighted by Gasteiger charge is -2.27. The summed E-state index contributed by atoms with van der Waals surface area (Å²) in [5.74, 6) is 0.752. The number of para-hydroxylation sites is 10. The van der Waals surface area contributed by atoms with Gasteiger partial charge in [0, 0.05) is 150 Å². The number of ether oxygens (including phenoxy) is 1. The molecule has 602 valence electrons. The van der Waals surface area contributed by atoms with Crippen molar-refractivity contribution in [2.24, 2.45) is 0 Å². The van der Waals surface area contributed by atoms with Crippen molar-refractivity contribution in [3.8, 4) is 103 Å². The van der Waals surface area contributed by atoms with E-state index in [9.17, 15) is 31.2 Å². The maximum atomic E-state index is 11.7. The van der Waals surface area contributed by atoms with Crippen LogP contribution >= 0.6 is 0 Å². The molecule has 0 bridgehead atoms. The molecular weight excluding hydrogens is 1580 g/mol. The fourth-order valence-electron chi connectivity index (χ4n) is 17.1. The number of anilines is 3. The summed E-state index contributed by atoms with van der Waals surface area (Å²) in [6.07, 6.45) is 11.5. The maximum absolute atomic E-state index is 11.7. The van der Waals surface area contributed by atoms with Crippen LogP contribution in [0.15, 0.2) is 401 Å². The fourth-order valence-corrected chi connectivity index (χ4v) is 17.1. The second-order valence-electron chi connectivity index (χ2n) is 30.2. The molecular formula is C110H69N15O3. The molecule has 0 saturated carbocycles. The molecule has 18 heteroatoms. The van der Waals surface area contributed by atoms with E-state index in [2.05, 4.69) is 257 Å². The topological polar surface area (TPSA) is 246 Å². The first kappa shape index (κ1) is 79.1. The van der Waals surface area contributed by atoms with Crippen molar-refractivity contribution in [3.63, 3.8) is 0 Å². The number of nitro groups is 1. The SMILES string of the molecule is COc1cc(-c2cncc(C#N)c2)cc(-n2c3ccccc3c3ccccc32)c1.N#Cc1ccc(-c2ccc(C#N)c(-n3c4ccccc4c4ccccc43)c2)cn1.N#Cc1ccncc1-c1cc(N(c2ccccc2)c2ccccc2)cc(-n2c3ccccc3c3ccccc32)c1.N#Cc1cnccc1-c1cc(-n2c3ccccc3c3ccccc32)cc([N+](=O)[O-])c1. The van der Waals surface area contributed by atoms with Crippen LogP contribution in [0.3, 0.4) is 0 Å². The molecule has 18 nitrogen and oxygen atoms in total. The average molecular weight is 1650 g/mol. The zero-order chi connectivity index (χ0) is 87.1. The van der Waals surface area contributed by atoms with Gasteiger partial charge in [-0.3, -0.25) is 25.1 Å². The number of aromatic nitrogens is 8. The molecule has 14 aromatic carbocycles. The van der Waals surface area contributed by atoms with Gasteiger partial charge in [-0.2, -0.15) is 26.3 Å². The van der Waals surface area contributed by atoms with Crippen molar-refractivity contribution < 1.29 is 9.66 Å². The van der Waals surface area contributed by atoms with Gasteiger partial charge in [-0.1, -0.05) is 188 Å². The fraction of sp³-hybridized carbons (Fsp3) is 0.00909. The number of nitriles is 5. The van der Waals surface area contributed by atoms with Crippen LogP contribution in [0.4, 0.5) is 22.7 Å². The summed E-state index contributed by atoms with van der Waals surface area (Å²) in [6, 6.07) is 130. The number of hydrogen-bond acceptors (Lipinski definition) is 13. The summed E-state index contributed by atoms with van der Waals surface area (Å²) in [4.78, 5) is 30.3. The standard InChI is InChI=1S/C36H24N4.C25H14N4.C25H17N3O.C24H14N4O2/c37-24-26-19-20-38-25-34(26)27-21-30(39(28-11-3-1-4-12-28)29-13-5-2-6-14-29)23-31(22-27)40-35-17-9-7-15-32(35)33-16-8-10-18-36(33)40;26-14-18-10-9-17(19-11-12-20(15-27)28-16-19)13-25(18)29-23-7-3-1-5-21(23)22-6-2-4-8-24(22)29;1-29-21-12-18(19-10-17(14-26)15-27-16-19)11-20(13-21)28-24-8-4-2-6-22(24)23-7-3-5-9-25(23)28;25-14-17-15-26-10-9-20(17)16-11-18(13-19(12-16)28(29)30)27-23-7-3-1-5-21(23)22-6-2-4-8-24(22)27/h1-23,25H;1-13,16H;2-13,15-16H,1H3;1-13,15H. The Morgan fingerprint density at radius 2 is 0.750 bits per heavy atom. The molecule has 0 spiro atoms. The molecule has 8 aromatic heterocycles. The number of benzene rings is 14. The molecule has 0 N–H and O–H groups in total. The lowest BCUT2D eigenvalue weighted by atomic mass is 10.0. The summed E-state index contributed by atoms with van der Waals surface area (Å²) >= 11 is 0. The van der Waals surface area contributed by atoms with E-state index < -0.39 is 4.92 Å². The molecule has 0 fully saturated rings. The second-order valence-corrected chi connectivity index (χ2v) is 30.2. The first-order valence-electron chi connectivity index (χ1n) is 41.0. The monoisotopic (exact) mass is 1650 g/mol. The highest BCUT2D eigenvalue weighted by atomic mass is 16.6. The third-order valence-electron chi connectivity index (χ3n) is 22.8. The van der Waals surface area contributed by atoms with Gasteiger partial charge in [0.15, 0.2) is 0 Å². The van der Waals surface area contributed by atoms with E-state index in [1.54, 1.807) is 68.6 Å². The zero-order valence-electron chi connectivity index (χ0n) is 68.5. The summed E-state index contributed by atoms with van der Waals surface area (Å²) in [5, 5.41) is 68.4. The van der Waals surface area contributed by atoms with E-state index in [0.717, 1.165) is 139 Å². The molecule has 0 aliphatic rings. The van der Waals surface area contributed by atoms with E-state index in [-0.39, 0.29) is 5.69 Å². The molecule has 8 heterocycles. The van der Waals surface area contributed by atoms with Crippen molar-refractivity contribution in [2.45, 2.75) is 0 Å². The molecule has 0 aliphatic carbocycles. The van der Waals surface area contributed by atoms with Gasteiger partial charge in [-0.05, 0) is 174 Å². The maximum Gasteiger partial charge on any atom is 0.272 e. The van der Waals surface area contributed by atoms with E-state index >= 15 is 0 Å². The third kappa shape index (κ3) is 15.0. The number of methoxy groups -OCH3 is 1. The summed E-state index contributed by atoms with van der Waals surface area (Å²) in [5.41, 5.74) is 24.2. The Morgan fingerprint density at radius 1 is 0.312 bits per heavy atom. The van der Waals surface area contributed by atoms with Gasteiger partial charge in [-0.15, -0.1) is 0 Å². The Labute approximate surface area is 734 Å². The Bertz CT molecular complexity index is 8070. The normalized spacial score (nSPS) is 10.9.